The molecule has 3 amide bonds. The van der Waals surface area contributed by atoms with Gasteiger partial charge in [-0.3, -0.25) is 4.79 Å². The highest BCUT2D eigenvalue weighted by Crippen LogP contribution is 2.27. The van der Waals surface area contributed by atoms with Crippen molar-refractivity contribution < 1.29 is 14.3 Å². The van der Waals surface area contributed by atoms with Gasteiger partial charge in [0, 0.05) is 49.9 Å². The normalized spacial score (nSPS) is 13.5. The van der Waals surface area contributed by atoms with E-state index in [1.807, 2.05) is 50.2 Å². The van der Waals surface area contributed by atoms with Crippen LogP contribution in [0.5, 0.6) is 0 Å². The van der Waals surface area contributed by atoms with Crippen LogP contribution in [0.2, 0.25) is 0 Å². The number of rotatable bonds is 9. The maximum atomic E-state index is 13.0. The second kappa shape index (κ2) is 12.1. The van der Waals surface area contributed by atoms with E-state index in [9.17, 15) is 9.59 Å². The number of piperidine rings is 1. The van der Waals surface area contributed by atoms with Crippen molar-refractivity contribution in [1.29, 1.82) is 0 Å². The van der Waals surface area contributed by atoms with Crippen molar-refractivity contribution in [2.75, 3.05) is 48.4 Å². The van der Waals surface area contributed by atoms with Crippen molar-refractivity contribution in [3.05, 3.63) is 53.6 Å². The SMILES string of the molecule is CCOCCCNC(=O)c1cc(NC(=O)Nc2ccc(C)cc2)ccc1N1CCCCC1. The van der Waals surface area contributed by atoms with E-state index in [-0.39, 0.29) is 11.9 Å². The van der Waals surface area contributed by atoms with E-state index in [4.69, 9.17) is 4.74 Å². The van der Waals surface area contributed by atoms with Gasteiger partial charge in [-0.2, -0.15) is 0 Å². The first-order valence-corrected chi connectivity index (χ1v) is 11.5. The highest BCUT2D eigenvalue weighted by molar-refractivity contribution is 6.04. The smallest absolute Gasteiger partial charge is 0.323 e. The lowest BCUT2D eigenvalue weighted by molar-refractivity contribution is 0.0944. The molecule has 7 nitrogen and oxygen atoms in total. The maximum Gasteiger partial charge on any atom is 0.323 e. The number of carbonyl (C=O) groups excluding carboxylic acids is 2. The Bertz CT molecular complexity index is 893. The van der Waals surface area contributed by atoms with E-state index in [2.05, 4.69) is 20.9 Å². The van der Waals surface area contributed by atoms with Crippen molar-refractivity contribution in [3.8, 4) is 0 Å². The van der Waals surface area contributed by atoms with E-state index in [0.29, 0.717) is 36.7 Å². The monoisotopic (exact) mass is 438 g/mol. The van der Waals surface area contributed by atoms with Crippen molar-refractivity contribution in [2.45, 2.75) is 39.5 Å². The molecule has 0 unspecified atom stereocenters. The van der Waals surface area contributed by atoms with Gasteiger partial charge in [0.25, 0.3) is 5.91 Å². The zero-order valence-electron chi connectivity index (χ0n) is 19.1. The number of amides is 3. The van der Waals surface area contributed by atoms with Gasteiger partial charge in [0.15, 0.2) is 0 Å². The van der Waals surface area contributed by atoms with Crippen LogP contribution in [-0.4, -0.2) is 44.8 Å². The summed E-state index contributed by atoms with van der Waals surface area (Å²) in [7, 11) is 0. The summed E-state index contributed by atoms with van der Waals surface area (Å²) in [6.45, 7) is 7.66. The van der Waals surface area contributed by atoms with E-state index in [0.717, 1.165) is 43.6 Å². The van der Waals surface area contributed by atoms with Gasteiger partial charge in [-0.25, -0.2) is 4.79 Å². The highest BCUT2D eigenvalue weighted by Gasteiger charge is 2.19. The van der Waals surface area contributed by atoms with Crippen molar-refractivity contribution >= 4 is 29.0 Å². The fraction of sp³-hybridized carbons (Fsp3) is 0.440. The second-order valence-electron chi connectivity index (χ2n) is 8.03. The molecule has 1 aliphatic heterocycles. The minimum absolute atomic E-state index is 0.135. The van der Waals surface area contributed by atoms with Crippen LogP contribution in [0.1, 0.15) is 48.5 Å². The van der Waals surface area contributed by atoms with Crippen LogP contribution in [0.3, 0.4) is 0 Å². The lowest BCUT2D eigenvalue weighted by atomic mass is 10.1. The summed E-state index contributed by atoms with van der Waals surface area (Å²) in [6.07, 6.45) is 4.21. The van der Waals surface area contributed by atoms with Crippen LogP contribution in [0.15, 0.2) is 42.5 Å². The standard InChI is InChI=1S/C25H34N4O3/c1-3-32-17-7-14-26-24(30)22-18-21(12-13-23(22)29-15-5-4-6-16-29)28-25(31)27-20-10-8-19(2)9-11-20/h8-13,18H,3-7,14-17H2,1-2H3,(H,26,30)(H2,27,28,31). The van der Waals surface area contributed by atoms with E-state index >= 15 is 0 Å². The van der Waals surface area contributed by atoms with Gasteiger partial charge >= 0.3 is 6.03 Å². The number of anilines is 3. The molecule has 1 saturated heterocycles. The Morgan fingerprint density at radius 3 is 2.38 bits per heavy atom. The predicted molar refractivity (Wildman–Crippen MR) is 130 cm³/mol. The van der Waals surface area contributed by atoms with Crippen molar-refractivity contribution in [2.24, 2.45) is 0 Å². The van der Waals surface area contributed by atoms with Gasteiger partial charge in [0.1, 0.15) is 0 Å². The molecule has 0 atom stereocenters. The van der Waals surface area contributed by atoms with E-state index in [1.54, 1.807) is 6.07 Å². The molecule has 2 aromatic carbocycles. The molecule has 7 heteroatoms. The summed E-state index contributed by atoms with van der Waals surface area (Å²) in [5, 5.41) is 8.66. The molecule has 172 valence electrons. The van der Waals surface area contributed by atoms with Gasteiger partial charge in [-0.05, 0) is 69.9 Å². The number of ether oxygens (including phenoxy) is 1. The molecule has 3 N–H and O–H groups in total. The number of nitrogens with zero attached hydrogens (tertiary/aromatic N) is 1. The maximum absolute atomic E-state index is 13.0. The molecule has 3 rings (SSSR count). The fourth-order valence-corrected chi connectivity index (χ4v) is 3.75. The number of hydrogen-bond donors (Lipinski definition) is 3. The molecule has 0 spiro atoms. The highest BCUT2D eigenvalue weighted by atomic mass is 16.5. The third-order valence-corrected chi connectivity index (χ3v) is 5.46. The Labute approximate surface area is 190 Å². The lowest BCUT2D eigenvalue weighted by Crippen LogP contribution is -2.33. The molecule has 1 fully saturated rings. The van der Waals surface area contributed by atoms with Crippen LogP contribution < -0.4 is 20.9 Å². The topological polar surface area (TPSA) is 82.7 Å². The Balaban J connectivity index is 1.70. The van der Waals surface area contributed by atoms with E-state index < -0.39 is 0 Å². The number of nitrogens with one attached hydrogen (secondary N) is 3. The molecular weight excluding hydrogens is 404 g/mol. The Morgan fingerprint density at radius 1 is 0.969 bits per heavy atom. The number of urea groups is 1. The zero-order chi connectivity index (χ0) is 22.8. The van der Waals surface area contributed by atoms with Crippen LogP contribution in [0.4, 0.5) is 21.9 Å². The average Bonchev–Trinajstić information content (AvgIpc) is 2.81. The third-order valence-electron chi connectivity index (χ3n) is 5.46. The van der Waals surface area contributed by atoms with Crippen molar-refractivity contribution in [1.82, 2.24) is 5.32 Å². The Kier molecular flexibility index (Phi) is 8.92. The van der Waals surface area contributed by atoms with Gasteiger partial charge < -0.3 is 25.6 Å². The molecule has 0 saturated carbocycles. The number of hydrogen-bond acceptors (Lipinski definition) is 4. The van der Waals surface area contributed by atoms with Gasteiger partial charge in [-0.15, -0.1) is 0 Å². The summed E-state index contributed by atoms with van der Waals surface area (Å²) in [4.78, 5) is 27.7. The third kappa shape index (κ3) is 6.99. The molecule has 0 bridgehead atoms. The quantitative estimate of drug-likeness (QED) is 0.492. The number of carbonyl (C=O) groups is 2. The Morgan fingerprint density at radius 2 is 1.66 bits per heavy atom. The second-order valence-corrected chi connectivity index (χ2v) is 8.03. The first-order chi connectivity index (χ1) is 15.6. The minimum atomic E-state index is -0.345. The molecule has 0 aliphatic carbocycles. The molecule has 0 radical (unpaired) electrons. The van der Waals surface area contributed by atoms with E-state index in [1.165, 1.54) is 6.42 Å². The summed E-state index contributed by atoms with van der Waals surface area (Å²) in [5.74, 6) is -0.135. The van der Waals surface area contributed by atoms with Crippen LogP contribution in [0, 0.1) is 6.92 Å². The molecule has 1 heterocycles. The summed E-state index contributed by atoms with van der Waals surface area (Å²) in [5.41, 5.74) is 3.91. The Hall–Kier alpha value is -3.06. The largest absolute Gasteiger partial charge is 0.382 e. The summed E-state index contributed by atoms with van der Waals surface area (Å²) in [6, 6.07) is 12.8. The number of benzene rings is 2. The lowest BCUT2D eigenvalue weighted by Gasteiger charge is -2.30. The first kappa shape index (κ1) is 23.6. The number of aryl methyl sites for hydroxylation is 1. The first-order valence-electron chi connectivity index (χ1n) is 11.5. The molecule has 0 aromatic heterocycles. The summed E-state index contributed by atoms with van der Waals surface area (Å²) < 4.78 is 5.34. The van der Waals surface area contributed by atoms with Crippen molar-refractivity contribution in [3.63, 3.8) is 0 Å². The van der Waals surface area contributed by atoms with Gasteiger partial charge in [0.2, 0.25) is 0 Å². The molecule has 2 aromatic rings. The molecule has 32 heavy (non-hydrogen) atoms. The van der Waals surface area contributed by atoms with Crippen LogP contribution >= 0.6 is 0 Å². The van der Waals surface area contributed by atoms with Gasteiger partial charge in [-0.1, -0.05) is 17.7 Å². The van der Waals surface area contributed by atoms with Gasteiger partial charge in [0.05, 0.1) is 5.56 Å². The zero-order valence-corrected chi connectivity index (χ0v) is 19.1. The summed E-state index contributed by atoms with van der Waals surface area (Å²) >= 11 is 0. The van der Waals surface area contributed by atoms with Crippen LogP contribution in [0.25, 0.3) is 0 Å². The van der Waals surface area contributed by atoms with Crippen LogP contribution in [-0.2, 0) is 4.74 Å². The average molecular weight is 439 g/mol. The molecule has 1 aliphatic rings. The minimum Gasteiger partial charge on any atom is -0.382 e. The molecular formula is C25H34N4O3. The predicted octanol–water partition coefficient (Wildman–Crippen LogP) is 4.79. The fourth-order valence-electron chi connectivity index (χ4n) is 3.75.